The maximum atomic E-state index is 12.4. The second-order valence-electron chi connectivity index (χ2n) is 5.53. The van der Waals surface area contributed by atoms with Crippen molar-refractivity contribution in [1.29, 1.82) is 0 Å². The van der Waals surface area contributed by atoms with Gasteiger partial charge in [-0.3, -0.25) is 4.79 Å². The molecule has 1 rings (SSSR count). The van der Waals surface area contributed by atoms with Crippen LogP contribution in [-0.4, -0.2) is 39.8 Å². The quantitative estimate of drug-likeness (QED) is 0.835. The van der Waals surface area contributed by atoms with E-state index in [-0.39, 0.29) is 24.3 Å². The van der Waals surface area contributed by atoms with Crippen LogP contribution in [0.4, 0.5) is 0 Å². The van der Waals surface area contributed by atoms with Gasteiger partial charge in [0.25, 0.3) is 5.91 Å². The summed E-state index contributed by atoms with van der Waals surface area (Å²) in [6, 6.07) is 1.73. The summed E-state index contributed by atoms with van der Waals surface area (Å²) in [5, 5.41) is 13.5. The summed E-state index contributed by atoms with van der Waals surface area (Å²) in [6.07, 6.45) is 1.37. The molecule has 1 N–H and O–H groups in total. The third-order valence-electron chi connectivity index (χ3n) is 3.49. The number of amides is 1. The number of nitrogens with zero attached hydrogens (tertiary/aromatic N) is 2. The molecule has 1 aromatic rings. The second kappa shape index (κ2) is 7.43. The van der Waals surface area contributed by atoms with E-state index in [1.807, 2.05) is 13.8 Å². The lowest BCUT2D eigenvalue weighted by Crippen LogP contribution is -2.41. The Bertz CT molecular complexity index is 423. The van der Waals surface area contributed by atoms with Gasteiger partial charge in [0.05, 0.1) is 11.8 Å². The first-order valence-electron chi connectivity index (χ1n) is 7.36. The van der Waals surface area contributed by atoms with E-state index in [1.54, 1.807) is 17.9 Å². The summed E-state index contributed by atoms with van der Waals surface area (Å²) in [7, 11) is 0. The highest BCUT2D eigenvalue weighted by molar-refractivity contribution is 5.91. The van der Waals surface area contributed by atoms with E-state index < -0.39 is 6.10 Å². The standard InChI is InChI=1S/C15H26N2O3/c1-6-12(7-2)13-8-14(20-16-13)15(19)17(10(3)4)9-11(5)18/h8,10-12,18H,6-7,9H2,1-5H3. The Kier molecular flexibility index (Phi) is 6.20. The fourth-order valence-corrected chi connectivity index (χ4v) is 2.24. The molecule has 0 aromatic carbocycles. The van der Waals surface area contributed by atoms with Crippen molar-refractivity contribution in [1.82, 2.24) is 10.1 Å². The van der Waals surface area contributed by atoms with Crippen LogP contribution >= 0.6 is 0 Å². The van der Waals surface area contributed by atoms with E-state index in [0.717, 1.165) is 18.5 Å². The molecule has 0 saturated carbocycles. The Morgan fingerprint density at radius 2 is 1.95 bits per heavy atom. The molecule has 1 unspecified atom stereocenters. The van der Waals surface area contributed by atoms with Crippen molar-refractivity contribution in [2.75, 3.05) is 6.54 Å². The SMILES string of the molecule is CCC(CC)c1cc(C(=O)N(CC(C)O)C(C)C)on1. The molecule has 0 radical (unpaired) electrons. The predicted octanol–water partition coefficient (Wildman–Crippen LogP) is 2.81. The molecule has 5 heteroatoms. The highest BCUT2D eigenvalue weighted by Crippen LogP contribution is 2.23. The van der Waals surface area contributed by atoms with Crippen LogP contribution in [-0.2, 0) is 0 Å². The van der Waals surface area contributed by atoms with Crippen LogP contribution in [0.3, 0.4) is 0 Å². The van der Waals surface area contributed by atoms with Gasteiger partial charge in [0, 0.05) is 24.6 Å². The monoisotopic (exact) mass is 282 g/mol. The molecule has 114 valence electrons. The molecule has 0 bridgehead atoms. The minimum Gasteiger partial charge on any atom is -0.392 e. The summed E-state index contributed by atoms with van der Waals surface area (Å²) in [5.74, 6) is 0.358. The Morgan fingerprint density at radius 1 is 1.35 bits per heavy atom. The number of rotatable bonds is 7. The molecule has 0 saturated heterocycles. The molecule has 5 nitrogen and oxygen atoms in total. The third kappa shape index (κ3) is 4.07. The van der Waals surface area contributed by atoms with Gasteiger partial charge in [0.2, 0.25) is 5.76 Å². The zero-order valence-electron chi connectivity index (χ0n) is 13.1. The van der Waals surface area contributed by atoms with Crippen LogP contribution in [0.2, 0.25) is 0 Å². The van der Waals surface area contributed by atoms with Crippen molar-refractivity contribution in [2.24, 2.45) is 0 Å². The first-order valence-corrected chi connectivity index (χ1v) is 7.36. The molecular weight excluding hydrogens is 256 g/mol. The number of aromatic nitrogens is 1. The van der Waals surface area contributed by atoms with Gasteiger partial charge in [-0.2, -0.15) is 0 Å². The summed E-state index contributed by atoms with van der Waals surface area (Å²) in [4.78, 5) is 14.0. The van der Waals surface area contributed by atoms with Crippen molar-refractivity contribution < 1.29 is 14.4 Å². The molecule has 0 aliphatic rings. The molecule has 1 atom stereocenters. The van der Waals surface area contributed by atoms with Crippen LogP contribution in [0, 0.1) is 0 Å². The lowest BCUT2D eigenvalue weighted by molar-refractivity contribution is 0.0540. The Balaban J connectivity index is 2.90. The molecule has 1 aromatic heterocycles. The van der Waals surface area contributed by atoms with Gasteiger partial charge >= 0.3 is 0 Å². The van der Waals surface area contributed by atoms with Gasteiger partial charge in [0.1, 0.15) is 0 Å². The molecule has 0 fully saturated rings. The first-order chi connectivity index (χ1) is 9.40. The van der Waals surface area contributed by atoms with E-state index in [1.165, 1.54) is 0 Å². The molecule has 20 heavy (non-hydrogen) atoms. The summed E-state index contributed by atoms with van der Waals surface area (Å²) >= 11 is 0. The topological polar surface area (TPSA) is 66.6 Å². The number of aliphatic hydroxyl groups is 1. The Labute approximate surface area is 120 Å². The van der Waals surface area contributed by atoms with Gasteiger partial charge in [-0.25, -0.2) is 0 Å². The van der Waals surface area contributed by atoms with Crippen molar-refractivity contribution in [3.63, 3.8) is 0 Å². The molecular formula is C15H26N2O3. The normalized spacial score (nSPS) is 13.0. The lowest BCUT2D eigenvalue weighted by Gasteiger charge is -2.26. The largest absolute Gasteiger partial charge is 0.392 e. The zero-order valence-corrected chi connectivity index (χ0v) is 13.1. The molecule has 1 heterocycles. The summed E-state index contributed by atoms with van der Waals surface area (Å²) in [5.41, 5.74) is 0.833. The van der Waals surface area contributed by atoms with Gasteiger partial charge in [0.15, 0.2) is 0 Å². The van der Waals surface area contributed by atoms with Gasteiger partial charge in [-0.15, -0.1) is 0 Å². The fourth-order valence-electron chi connectivity index (χ4n) is 2.24. The minimum atomic E-state index is -0.567. The van der Waals surface area contributed by atoms with Crippen molar-refractivity contribution >= 4 is 5.91 Å². The van der Waals surface area contributed by atoms with Crippen molar-refractivity contribution in [3.05, 3.63) is 17.5 Å². The number of carbonyl (C=O) groups excluding carboxylic acids is 1. The number of hydrogen-bond donors (Lipinski definition) is 1. The van der Waals surface area contributed by atoms with Gasteiger partial charge in [-0.1, -0.05) is 19.0 Å². The van der Waals surface area contributed by atoms with Crippen molar-refractivity contribution in [3.8, 4) is 0 Å². The maximum Gasteiger partial charge on any atom is 0.292 e. The zero-order chi connectivity index (χ0) is 15.3. The number of carbonyl (C=O) groups is 1. The summed E-state index contributed by atoms with van der Waals surface area (Å²) < 4.78 is 5.20. The van der Waals surface area contributed by atoms with Crippen LogP contribution in [0.15, 0.2) is 10.6 Å². The number of hydrogen-bond acceptors (Lipinski definition) is 4. The van der Waals surface area contributed by atoms with Crippen LogP contribution < -0.4 is 0 Å². The lowest BCUT2D eigenvalue weighted by atomic mass is 9.99. The molecule has 0 aliphatic heterocycles. The van der Waals surface area contributed by atoms with E-state index in [0.29, 0.717) is 5.92 Å². The number of aliphatic hydroxyl groups excluding tert-OH is 1. The maximum absolute atomic E-state index is 12.4. The molecule has 0 spiro atoms. The molecule has 1 amide bonds. The van der Waals surface area contributed by atoms with Crippen LogP contribution in [0.1, 0.15) is 69.6 Å². The van der Waals surface area contributed by atoms with E-state index in [9.17, 15) is 9.90 Å². The Morgan fingerprint density at radius 3 is 2.40 bits per heavy atom. The van der Waals surface area contributed by atoms with Gasteiger partial charge in [-0.05, 0) is 33.6 Å². The average Bonchev–Trinajstić information content (AvgIpc) is 2.86. The van der Waals surface area contributed by atoms with E-state index in [2.05, 4.69) is 19.0 Å². The second-order valence-corrected chi connectivity index (χ2v) is 5.53. The third-order valence-corrected chi connectivity index (χ3v) is 3.49. The fraction of sp³-hybridized carbons (Fsp3) is 0.733. The smallest absolute Gasteiger partial charge is 0.292 e. The van der Waals surface area contributed by atoms with E-state index >= 15 is 0 Å². The minimum absolute atomic E-state index is 0.00111. The molecule has 0 aliphatic carbocycles. The van der Waals surface area contributed by atoms with Crippen LogP contribution in [0.25, 0.3) is 0 Å². The summed E-state index contributed by atoms with van der Waals surface area (Å²) in [6.45, 7) is 9.98. The van der Waals surface area contributed by atoms with Crippen molar-refractivity contribution in [2.45, 2.75) is 65.5 Å². The average molecular weight is 282 g/mol. The first kappa shape index (κ1) is 16.7. The van der Waals surface area contributed by atoms with Crippen LogP contribution in [0.5, 0.6) is 0 Å². The predicted molar refractivity (Wildman–Crippen MR) is 77.7 cm³/mol. The van der Waals surface area contributed by atoms with E-state index in [4.69, 9.17) is 4.52 Å². The highest BCUT2D eigenvalue weighted by Gasteiger charge is 2.25. The van der Waals surface area contributed by atoms with Gasteiger partial charge < -0.3 is 14.5 Å². The Hall–Kier alpha value is -1.36. The highest BCUT2D eigenvalue weighted by atomic mass is 16.5.